The van der Waals surface area contributed by atoms with Gasteiger partial charge in [-0.3, -0.25) is 10.1 Å². The summed E-state index contributed by atoms with van der Waals surface area (Å²) < 4.78 is 13.3. The van der Waals surface area contributed by atoms with Crippen molar-refractivity contribution >= 4 is 29.2 Å². The Labute approximate surface area is 102 Å². The molecule has 0 heterocycles. The SMILES string of the molecule is CNC(C(=O)O)C(=O)Nc1cc(Cl)ccc1F. The van der Waals surface area contributed by atoms with Gasteiger partial charge in [0, 0.05) is 5.02 Å². The van der Waals surface area contributed by atoms with Gasteiger partial charge in [0.05, 0.1) is 5.69 Å². The summed E-state index contributed by atoms with van der Waals surface area (Å²) >= 11 is 5.63. The summed E-state index contributed by atoms with van der Waals surface area (Å²) in [7, 11) is 1.31. The molecule has 0 fully saturated rings. The molecule has 92 valence electrons. The van der Waals surface area contributed by atoms with Crippen molar-refractivity contribution in [1.29, 1.82) is 0 Å². The number of aliphatic carboxylic acids is 1. The molecule has 0 radical (unpaired) electrons. The van der Waals surface area contributed by atoms with Crippen LogP contribution in [0.1, 0.15) is 0 Å². The molecule has 5 nitrogen and oxygen atoms in total. The molecule has 1 aromatic carbocycles. The largest absolute Gasteiger partial charge is 0.480 e. The first-order valence-corrected chi connectivity index (χ1v) is 4.99. The Bertz CT molecular complexity index is 453. The number of carboxylic acids is 1. The second-order valence-electron chi connectivity index (χ2n) is 3.17. The van der Waals surface area contributed by atoms with Crippen LogP contribution in [0.25, 0.3) is 0 Å². The second kappa shape index (κ2) is 5.60. The summed E-state index contributed by atoms with van der Waals surface area (Å²) in [4.78, 5) is 22.2. The molecule has 0 aliphatic carbocycles. The zero-order valence-corrected chi connectivity index (χ0v) is 9.58. The van der Waals surface area contributed by atoms with Crippen molar-refractivity contribution in [2.24, 2.45) is 0 Å². The van der Waals surface area contributed by atoms with E-state index in [0.717, 1.165) is 6.07 Å². The quantitative estimate of drug-likeness (QED) is 0.708. The summed E-state index contributed by atoms with van der Waals surface area (Å²) in [5, 5.41) is 13.4. The van der Waals surface area contributed by atoms with E-state index in [4.69, 9.17) is 16.7 Å². The minimum atomic E-state index is -1.45. The van der Waals surface area contributed by atoms with Crippen LogP contribution in [0, 0.1) is 5.82 Å². The lowest BCUT2D eigenvalue weighted by Crippen LogP contribution is -2.44. The molecule has 1 amide bonds. The fourth-order valence-corrected chi connectivity index (χ4v) is 1.34. The van der Waals surface area contributed by atoms with Crippen LogP contribution in [-0.2, 0) is 9.59 Å². The lowest BCUT2D eigenvalue weighted by molar-refractivity contribution is -0.142. The zero-order valence-electron chi connectivity index (χ0n) is 8.83. The number of halogens is 2. The molecule has 1 unspecified atom stereocenters. The van der Waals surface area contributed by atoms with Crippen LogP contribution >= 0.6 is 11.6 Å². The van der Waals surface area contributed by atoms with Gasteiger partial charge in [0.2, 0.25) is 0 Å². The fraction of sp³-hybridized carbons (Fsp3) is 0.200. The molecule has 0 saturated carbocycles. The first-order chi connectivity index (χ1) is 7.95. The minimum Gasteiger partial charge on any atom is -0.480 e. The third-order valence-corrected chi connectivity index (χ3v) is 2.22. The summed E-state index contributed by atoms with van der Waals surface area (Å²) in [6.07, 6.45) is 0. The molecule has 7 heteroatoms. The van der Waals surface area contributed by atoms with E-state index >= 15 is 0 Å². The average molecular weight is 261 g/mol. The molecule has 0 aliphatic rings. The number of rotatable bonds is 4. The standard InChI is InChI=1S/C10H10ClFN2O3/c1-13-8(10(16)17)9(15)14-7-4-5(11)2-3-6(7)12/h2-4,8,13H,1H3,(H,14,15)(H,16,17). The second-order valence-corrected chi connectivity index (χ2v) is 3.61. The van der Waals surface area contributed by atoms with Gasteiger partial charge in [-0.2, -0.15) is 0 Å². The predicted octanol–water partition coefficient (Wildman–Crippen LogP) is 1.09. The number of likely N-dealkylation sites (N-methyl/N-ethyl adjacent to an activating group) is 1. The molecule has 17 heavy (non-hydrogen) atoms. The highest BCUT2D eigenvalue weighted by Crippen LogP contribution is 2.19. The van der Waals surface area contributed by atoms with Crippen LogP contribution in [0.3, 0.4) is 0 Å². The van der Waals surface area contributed by atoms with Crippen LogP contribution in [-0.4, -0.2) is 30.1 Å². The Morgan fingerprint density at radius 2 is 2.12 bits per heavy atom. The van der Waals surface area contributed by atoms with Crippen molar-refractivity contribution < 1.29 is 19.1 Å². The van der Waals surface area contributed by atoms with Gasteiger partial charge in [0.25, 0.3) is 5.91 Å². The molecule has 3 N–H and O–H groups in total. The van der Waals surface area contributed by atoms with E-state index in [1.165, 1.54) is 19.2 Å². The van der Waals surface area contributed by atoms with E-state index in [1.54, 1.807) is 0 Å². The number of nitrogens with one attached hydrogen (secondary N) is 2. The van der Waals surface area contributed by atoms with Crippen molar-refractivity contribution in [3.8, 4) is 0 Å². The third-order valence-electron chi connectivity index (χ3n) is 1.98. The molecule has 0 aromatic heterocycles. The fourth-order valence-electron chi connectivity index (χ4n) is 1.16. The van der Waals surface area contributed by atoms with E-state index in [-0.39, 0.29) is 10.7 Å². The highest BCUT2D eigenvalue weighted by molar-refractivity contribution is 6.31. The maximum Gasteiger partial charge on any atom is 0.330 e. The van der Waals surface area contributed by atoms with Crippen LogP contribution in [0.15, 0.2) is 18.2 Å². The van der Waals surface area contributed by atoms with Gasteiger partial charge in [-0.25, -0.2) is 9.18 Å². The Balaban J connectivity index is 2.87. The number of carboxylic acid groups (broad SMARTS) is 1. The normalized spacial score (nSPS) is 11.9. The maximum absolute atomic E-state index is 13.3. The Hall–Kier alpha value is -1.66. The summed E-state index contributed by atoms with van der Waals surface area (Å²) in [5.41, 5.74) is -0.163. The van der Waals surface area contributed by atoms with E-state index in [2.05, 4.69) is 10.6 Å². The maximum atomic E-state index is 13.3. The third kappa shape index (κ3) is 3.40. The van der Waals surface area contributed by atoms with E-state index in [1.807, 2.05) is 0 Å². The number of hydrogen-bond acceptors (Lipinski definition) is 3. The first kappa shape index (κ1) is 13.4. The molecular formula is C10H10ClFN2O3. The average Bonchev–Trinajstić information content (AvgIpc) is 2.24. The van der Waals surface area contributed by atoms with Crippen molar-refractivity contribution in [3.05, 3.63) is 29.0 Å². The van der Waals surface area contributed by atoms with Crippen molar-refractivity contribution in [2.45, 2.75) is 6.04 Å². The lowest BCUT2D eigenvalue weighted by atomic mass is 10.2. The van der Waals surface area contributed by atoms with E-state index in [0.29, 0.717) is 0 Å². The number of amides is 1. The summed E-state index contributed by atoms with van der Waals surface area (Å²) in [6.45, 7) is 0. The monoisotopic (exact) mass is 260 g/mol. The molecule has 1 aromatic rings. The van der Waals surface area contributed by atoms with Crippen LogP contribution in [0.5, 0.6) is 0 Å². The summed E-state index contributed by atoms with van der Waals surface area (Å²) in [6, 6.07) is 2.14. The first-order valence-electron chi connectivity index (χ1n) is 4.61. The molecule has 0 bridgehead atoms. The molecule has 0 spiro atoms. The van der Waals surface area contributed by atoms with Crippen molar-refractivity contribution in [2.75, 3.05) is 12.4 Å². The smallest absolute Gasteiger partial charge is 0.330 e. The molecular weight excluding hydrogens is 251 g/mol. The molecule has 0 aliphatic heterocycles. The predicted molar refractivity (Wildman–Crippen MR) is 60.5 cm³/mol. The van der Waals surface area contributed by atoms with Gasteiger partial charge < -0.3 is 10.4 Å². The van der Waals surface area contributed by atoms with Crippen LogP contribution < -0.4 is 10.6 Å². The Morgan fingerprint density at radius 3 is 2.65 bits per heavy atom. The number of carbonyl (C=O) groups excluding carboxylic acids is 1. The van der Waals surface area contributed by atoms with Gasteiger partial charge in [-0.1, -0.05) is 11.6 Å². The van der Waals surface area contributed by atoms with Gasteiger partial charge in [-0.05, 0) is 25.2 Å². The van der Waals surface area contributed by atoms with Gasteiger partial charge in [0.1, 0.15) is 5.82 Å². The molecule has 1 rings (SSSR count). The van der Waals surface area contributed by atoms with Crippen LogP contribution in [0.2, 0.25) is 5.02 Å². The lowest BCUT2D eigenvalue weighted by Gasteiger charge is -2.12. The topological polar surface area (TPSA) is 78.4 Å². The van der Waals surface area contributed by atoms with Gasteiger partial charge >= 0.3 is 5.97 Å². The number of hydrogen-bond donors (Lipinski definition) is 3. The highest BCUT2D eigenvalue weighted by atomic mass is 35.5. The Kier molecular flexibility index (Phi) is 4.42. The Morgan fingerprint density at radius 1 is 1.47 bits per heavy atom. The highest BCUT2D eigenvalue weighted by Gasteiger charge is 2.24. The minimum absolute atomic E-state index is 0.163. The van der Waals surface area contributed by atoms with Gasteiger partial charge in [0.15, 0.2) is 6.04 Å². The number of carbonyl (C=O) groups is 2. The van der Waals surface area contributed by atoms with E-state index in [9.17, 15) is 14.0 Å². The van der Waals surface area contributed by atoms with Crippen LogP contribution in [0.4, 0.5) is 10.1 Å². The van der Waals surface area contributed by atoms with Crippen molar-refractivity contribution in [1.82, 2.24) is 5.32 Å². The molecule has 1 atom stereocenters. The number of benzene rings is 1. The summed E-state index contributed by atoms with van der Waals surface area (Å²) in [5.74, 6) is -2.92. The molecule has 0 saturated heterocycles. The zero-order chi connectivity index (χ0) is 13.0. The number of anilines is 1. The van der Waals surface area contributed by atoms with E-state index < -0.39 is 23.7 Å². The van der Waals surface area contributed by atoms with Gasteiger partial charge in [-0.15, -0.1) is 0 Å². The van der Waals surface area contributed by atoms with Crippen molar-refractivity contribution in [3.63, 3.8) is 0 Å².